The number of ether oxygens (including phenoxy) is 2. The van der Waals surface area contributed by atoms with Gasteiger partial charge in [0.25, 0.3) is 0 Å². The van der Waals surface area contributed by atoms with Crippen LogP contribution in [0.4, 0.5) is 10.3 Å². The number of amides is 1. The summed E-state index contributed by atoms with van der Waals surface area (Å²) in [6.45, 7) is 1.01. The Balaban J connectivity index is 1.51. The second-order valence-electron chi connectivity index (χ2n) is 7.29. The molecular weight excluding hydrogens is 387 g/mol. The molecule has 0 saturated carbocycles. The number of carbonyl (C=O) groups excluding carboxylic acids is 1. The quantitative estimate of drug-likeness (QED) is 0.651. The molecule has 0 unspecified atom stereocenters. The molecule has 1 fully saturated rings. The summed E-state index contributed by atoms with van der Waals surface area (Å²) in [7, 11) is 1.61. The van der Waals surface area contributed by atoms with E-state index in [0.29, 0.717) is 38.3 Å². The van der Waals surface area contributed by atoms with Gasteiger partial charge in [0.2, 0.25) is 11.9 Å². The van der Waals surface area contributed by atoms with Crippen molar-refractivity contribution in [2.45, 2.75) is 24.7 Å². The highest BCUT2D eigenvalue weighted by Gasteiger charge is 2.42. The van der Waals surface area contributed by atoms with Crippen LogP contribution in [0.15, 0.2) is 48.5 Å². The SMILES string of the molecule is COc1ccc(C2(C(=O)Nc3n[nH]c(Cc4ccc(F)cc4)n3)CCOCC2)cc1. The summed E-state index contributed by atoms with van der Waals surface area (Å²) in [6.07, 6.45) is 1.59. The number of halogens is 1. The molecule has 1 aliphatic heterocycles. The number of nitrogens with one attached hydrogen (secondary N) is 2. The van der Waals surface area contributed by atoms with Gasteiger partial charge in [0.05, 0.1) is 12.5 Å². The van der Waals surface area contributed by atoms with Crippen molar-refractivity contribution in [1.29, 1.82) is 0 Å². The minimum atomic E-state index is -0.720. The average molecular weight is 410 g/mol. The van der Waals surface area contributed by atoms with E-state index in [1.165, 1.54) is 12.1 Å². The molecule has 30 heavy (non-hydrogen) atoms. The van der Waals surface area contributed by atoms with E-state index in [0.717, 1.165) is 16.9 Å². The Labute approximate surface area is 173 Å². The minimum absolute atomic E-state index is 0.164. The van der Waals surface area contributed by atoms with E-state index in [4.69, 9.17) is 9.47 Å². The van der Waals surface area contributed by atoms with E-state index in [-0.39, 0.29) is 17.7 Å². The third-order valence-electron chi connectivity index (χ3n) is 5.47. The lowest BCUT2D eigenvalue weighted by atomic mass is 9.73. The fraction of sp³-hybridized carbons (Fsp3) is 0.318. The van der Waals surface area contributed by atoms with Crippen LogP contribution in [0.3, 0.4) is 0 Å². The second-order valence-corrected chi connectivity index (χ2v) is 7.29. The number of rotatable bonds is 6. The van der Waals surface area contributed by atoms with Crippen LogP contribution in [0, 0.1) is 5.82 Å². The summed E-state index contributed by atoms with van der Waals surface area (Å²) in [4.78, 5) is 17.7. The van der Waals surface area contributed by atoms with Crippen LogP contribution in [0.5, 0.6) is 5.75 Å². The molecule has 2 heterocycles. The Bertz CT molecular complexity index is 996. The number of carbonyl (C=O) groups is 1. The molecule has 2 aromatic carbocycles. The summed E-state index contributed by atoms with van der Waals surface area (Å²) in [5.74, 6) is 1.09. The van der Waals surface area contributed by atoms with Crippen molar-refractivity contribution in [2.24, 2.45) is 0 Å². The van der Waals surface area contributed by atoms with Crippen molar-refractivity contribution in [3.05, 3.63) is 71.3 Å². The van der Waals surface area contributed by atoms with Crippen molar-refractivity contribution in [3.63, 3.8) is 0 Å². The summed E-state index contributed by atoms with van der Waals surface area (Å²) in [5.41, 5.74) is 1.08. The van der Waals surface area contributed by atoms with Gasteiger partial charge < -0.3 is 9.47 Å². The first-order valence-electron chi connectivity index (χ1n) is 9.78. The lowest BCUT2D eigenvalue weighted by Gasteiger charge is -2.35. The zero-order chi connectivity index (χ0) is 21.0. The first kappa shape index (κ1) is 20.0. The number of H-pyrrole nitrogens is 1. The predicted octanol–water partition coefficient (Wildman–Crippen LogP) is 3.23. The minimum Gasteiger partial charge on any atom is -0.497 e. The first-order valence-corrected chi connectivity index (χ1v) is 9.78. The Morgan fingerprint density at radius 1 is 1.17 bits per heavy atom. The fourth-order valence-corrected chi connectivity index (χ4v) is 3.72. The molecule has 0 bridgehead atoms. The van der Waals surface area contributed by atoms with Gasteiger partial charge in [-0.3, -0.25) is 15.2 Å². The molecule has 156 valence electrons. The highest BCUT2D eigenvalue weighted by Crippen LogP contribution is 2.36. The number of methoxy groups -OCH3 is 1. The predicted molar refractivity (Wildman–Crippen MR) is 109 cm³/mol. The van der Waals surface area contributed by atoms with Gasteiger partial charge in [-0.1, -0.05) is 24.3 Å². The van der Waals surface area contributed by atoms with Gasteiger partial charge in [0.1, 0.15) is 17.4 Å². The number of anilines is 1. The van der Waals surface area contributed by atoms with Gasteiger partial charge in [0.15, 0.2) is 0 Å². The van der Waals surface area contributed by atoms with Crippen molar-refractivity contribution < 1.29 is 18.7 Å². The lowest BCUT2D eigenvalue weighted by molar-refractivity contribution is -0.125. The third-order valence-corrected chi connectivity index (χ3v) is 5.47. The number of hydrogen-bond donors (Lipinski definition) is 2. The van der Waals surface area contributed by atoms with Crippen LogP contribution in [-0.2, 0) is 21.4 Å². The standard InChI is InChI=1S/C22H23FN4O3/c1-29-18-8-4-16(5-9-18)22(10-12-30-13-11-22)20(28)25-21-24-19(26-27-21)14-15-2-6-17(23)7-3-15/h2-9H,10-14H2,1H3,(H2,24,25,26,27,28). The van der Waals surface area contributed by atoms with E-state index in [2.05, 4.69) is 20.5 Å². The largest absolute Gasteiger partial charge is 0.497 e. The molecule has 2 N–H and O–H groups in total. The van der Waals surface area contributed by atoms with Crippen LogP contribution >= 0.6 is 0 Å². The van der Waals surface area contributed by atoms with Gasteiger partial charge in [-0.05, 0) is 48.2 Å². The van der Waals surface area contributed by atoms with Gasteiger partial charge in [-0.25, -0.2) is 4.39 Å². The van der Waals surface area contributed by atoms with E-state index < -0.39 is 5.41 Å². The highest BCUT2D eigenvalue weighted by molar-refractivity contribution is 5.98. The normalized spacial score (nSPS) is 15.5. The van der Waals surface area contributed by atoms with E-state index in [1.807, 2.05) is 24.3 Å². The highest BCUT2D eigenvalue weighted by atomic mass is 19.1. The molecule has 1 aliphatic rings. The molecule has 1 aromatic heterocycles. The molecule has 1 saturated heterocycles. The average Bonchev–Trinajstić information content (AvgIpc) is 3.22. The zero-order valence-corrected chi connectivity index (χ0v) is 16.7. The Hall–Kier alpha value is -3.26. The summed E-state index contributed by atoms with van der Waals surface area (Å²) < 4.78 is 23.8. The molecule has 8 heteroatoms. The van der Waals surface area contributed by atoms with E-state index in [9.17, 15) is 9.18 Å². The smallest absolute Gasteiger partial charge is 0.248 e. The van der Waals surface area contributed by atoms with Crippen molar-refractivity contribution in [1.82, 2.24) is 15.2 Å². The third kappa shape index (κ3) is 4.18. The molecule has 0 radical (unpaired) electrons. The number of hydrogen-bond acceptors (Lipinski definition) is 5. The maximum Gasteiger partial charge on any atom is 0.248 e. The number of nitrogens with zero attached hydrogens (tertiary/aromatic N) is 2. The van der Waals surface area contributed by atoms with Crippen LogP contribution in [0.2, 0.25) is 0 Å². The molecule has 3 aromatic rings. The summed E-state index contributed by atoms with van der Waals surface area (Å²) in [6, 6.07) is 13.7. The molecule has 7 nitrogen and oxygen atoms in total. The summed E-state index contributed by atoms with van der Waals surface area (Å²) in [5, 5.41) is 9.81. The molecule has 0 spiro atoms. The van der Waals surface area contributed by atoms with E-state index >= 15 is 0 Å². The van der Waals surface area contributed by atoms with Crippen LogP contribution in [0.25, 0.3) is 0 Å². The van der Waals surface area contributed by atoms with Gasteiger partial charge >= 0.3 is 0 Å². The van der Waals surface area contributed by atoms with Crippen LogP contribution < -0.4 is 10.1 Å². The Kier molecular flexibility index (Phi) is 5.76. The van der Waals surface area contributed by atoms with Gasteiger partial charge in [-0.15, -0.1) is 5.10 Å². The van der Waals surface area contributed by atoms with Gasteiger partial charge in [-0.2, -0.15) is 4.98 Å². The van der Waals surface area contributed by atoms with Crippen molar-refractivity contribution >= 4 is 11.9 Å². The molecule has 0 atom stereocenters. The van der Waals surface area contributed by atoms with Crippen LogP contribution in [-0.4, -0.2) is 41.4 Å². The summed E-state index contributed by atoms with van der Waals surface area (Å²) >= 11 is 0. The van der Waals surface area contributed by atoms with E-state index in [1.54, 1.807) is 19.2 Å². The lowest BCUT2D eigenvalue weighted by Crippen LogP contribution is -2.45. The second kappa shape index (κ2) is 8.62. The topological polar surface area (TPSA) is 89.1 Å². The molecule has 1 amide bonds. The van der Waals surface area contributed by atoms with Gasteiger partial charge in [0, 0.05) is 19.6 Å². The number of aromatic nitrogens is 3. The first-order chi connectivity index (χ1) is 14.6. The number of benzene rings is 2. The monoisotopic (exact) mass is 410 g/mol. The Morgan fingerprint density at radius 3 is 2.53 bits per heavy atom. The maximum atomic E-state index is 13.3. The molecular formula is C22H23FN4O3. The molecule has 0 aliphatic carbocycles. The Morgan fingerprint density at radius 2 is 1.87 bits per heavy atom. The zero-order valence-electron chi connectivity index (χ0n) is 16.7. The van der Waals surface area contributed by atoms with Crippen molar-refractivity contribution in [2.75, 3.05) is 25.6 Å². The van der Waals surface area contributed by atoms with Crippen molar-refractivity contribution in [3.8, 4) is 5.75 Å². The van der Waals surface area contributed by atoms with Crippen LogP contribution in [0.1, 0.15) is 29.8 Å². The molecule has 4 rings (SSSR count). The maximum absolute atomic E-state index is 13.3. The fourth-order valence-electron chi connectivity index (χ4n) is 3.72. The number of aromatic amines is 1.